The fourth-order valence-corrected chi connectivity index (χ4v) is 2.80. The molecule has 0 aromatic rings. The second-order valence-corrected chi connectivity index (χ2v) is 5.10. The molecule has 0 bridgehead atoms. The van der Waals surface area contributed by atoms with E-state index in [1.807, 2.05) is 0 Å². The van der Waals surface area contributed by atoms with Crippen LogP contribution in [0, 0.1) is 5.92 Å². The minimum Gasteiger partial charge on any atom is -0.380 e. The minimum atomic E-state index is 0.555. The van der Waals surface area contributed by atoms with Crippen molar-refractivity contribution in [3.63, 3.8) is 0 Å². The average Bonchev–Trinajstić information content (AvgIpc) is 2.40. The molecule has 2 atom stereocenters. The number of nitrogens with one attached hydrogen (secondary N) is 1. The van der Waals surface area contributed by atoms with Gasteiger partial charge in [0.25, 0.3) is 0 Å². The zero-order chi connectivity index (χ0) is 12.7. The Balaban J connectivity index is 2.57. The van der Waals surface area contributed by atoms with E-state index in [1.165, 1.54) is 19.4 Å². The topological polar surface area (TPSA) is 24.5 Å². The summed E-state index contributed by atoms with van der Waals surface area (Å²) in [5, 5.41) is 3.46. The van der Waals surface area contributed by atoms with E-state index in [-0.39, 0.29) is 0 Å². The maximum Gasteiger partial charge on any atom is 0.0637 e. The van der Waals surface area contributed by atoms with Crippen LogP contribution in [0.4, 0.5) is 0 Å². The summed E-state index contributed by atoms with van der Waals surface area (Å²) in [4.78, 5) is 2.61. The summed E-state index contributed by atoms with van der Waals surface area (Å²) in [6, 6.07) is 1.15. The largest absolute Gasteiger partial charge is 0.380 e. The number of nitrogens with zero attached hydrogens (tertiary/aromatic N) is 1. The van der Waals surface area contributed by atoms with Gasteiger partial charge in [0, 0.05) is 25.2 Å². The monoisotopic (exact) mass is 242 g/mol. The van der Waals surface area contributed by atoms with Gasteiger partial charge in [-0.15, -0.1) is 0 Å². The van der Waals surface area contributed by atoms with E-state index in [1.54, 1.807) is 0 Å². The molecule has 2 unspecified atom stereocenters. The van der Waals surface area contributed by atoms with Crippen LogP contribution in [-0.2, 0) is 4.74 Å². The van der Waals surface area contributed by atoms with Crippen LogP contribution in [0.15, 0.2) is 0 Å². The summed E-state index contributed by atoms with van der Waals surface area (Å²) >= 11 is 0. The van der Waals surface area contributed by atoms with E-state index in [9.17, 15) is 0 Å². The summed E-state index contributed by atoms with van der Waals surface area (Å²) in [6.07, 6.45) is 3.70. The predicted octanol–water partition coefficient (Wildman–Crippen LogP) is 2.12. The van der Waals surface area contributed by atoms with Gasteiger partial charge in [0.15, 0.2) is 0 Å². The predicted molar refractivity (Wildman–Crippen MR) is 73.4 cm³/mol. The van der Waals surface area contributed by atoms with Crippen molar-refractivity contribution in [2.75, 3.05) is 33.4 Å². The van der Waals surface area contributed by atoms with Gasteiger partial charge >= 0.3 is 0 Å². The Bertz CT molecular complexity index is 195. The fourth-order valence-electron chi connectivity index (χ4n) is 2.80. The molecule has 3 heteroatoms. The van der Waals surface area contributed by atoms with E-state index >= 15 is 0 Å². The third-order valence-electron chi connectivity index (χ3n) is 4.22. The molecule has 0 aromatic heterocycles. The molecule has 1 rings (SSSR count). The molecule has 17 heavy (non-hydrogen) atoms. The van der Waals surface area contributed by atoms with Gasteiger partial charge in [-0.3, -0.25) is 4.90 Å². The highest BCUT2D eigenvalue weighted by Crippen LogP contribution is 2.18. The Labute approximate surface area is 107 Å². The highest BCUT2D eigenvalue weighted by Gasteiger charge is 2.29. The van der Waals surface area contributed by atoms with E-state index in [0.29, 0.717) is 12.1 Å². The molecule has 1 saturated heterocycles. The molecule has 1 aliphatic heterocycles. The molecule has 0 amide bonds. The lowest BCUT2D eigenvalue weighted by Gasteiger charge is -2.40. The van der Waals surface area contributed by atoms with Crippen LogP contribution < -0.4 is 5.32 Å². The smallest absolute Gasteiger partial charge is 0.0637 e. The van der Waals surface area contributed by atoms with Crippen molar-refractivity contribution in [2.45, 2.75) is 52.1 Å². The Morgan fingerprint density at radius 3 is 2.53 bits per heavy atom. The van der Waals surface area contributed by atoms with Gasteiger partial charge in [-0.2, -0.15) is 0 Å². The van der Waals surface area contributed by atoms with E-state index in [2.05, 4.69) is 38.0 Å². The quantitative estimate of drug-likeness (QED) is 0.740. The van der Waals surface area contributed by atoms with Gasteiger partial charge < -0.3 is 10.1 Å². The van der Waals surface area contributed by atoms with Crippen molar-refractivity contribution < 1.29 is 4.74 Å². The third kappa shape index (κ3) is 4.23. The van der Waals surface area contributed by atoms with Crippen molar-refractivity contribution in [1.29, 1.82) is 0 Å². The number of rotatable bonds is 7. The molecule has 102 valence electrons. The molecule has 3 nitrogen and oxygen atoms in total. The van der Waals surface area contributed by atoms with E-state index in [0.717, 1.165) is 32.1 Å². The normalized spacial score (nSPS) is 25.8. The average molecular weight is 242 g/mol. The van der Waals surface area contributed by atoms with Crippen LogP contribution in [0.2, 0.25) is 0 Å². The Morgan fingerprint density at radius 2 is 2.00 bits per heavy atom. The van der Waals surface area contributed by atoms with Crippen molar-refractivity contribution in [1.82, 2.24) is 10.2 Å². The zero-order valence-electron chi connectivity index (χ0n) is 12.0. The van der Waals surface area contributed by atoms with Crippen molar-refractivity contribution in [3.8, 4) is 0 Å². The lowest BCUT2D eigenvalue weighted by atomic mass is 9.98. The van der Waals surface area contributed by atoms with Crippen LogP contribution >= 0.6 is 0 Å². The van der Waals surface area contributed by atoms with Gasteiger partial charge in [0.05, 0.1) is 6.61 Å². The number of likely N-dealkylation sites (N-methyl/N-ethyl adjacent to an activating group) is 2. The van der Waals surface area contributed by atoms with Crippen molar-refractivity contribution in [2.24, 2.45) is 5.92 Å². The molecule has 0 aliphatic carbocycles. The van der Waals surface area contributed by atoms with E-state index in [4.69, 9.17) is 4.74 Å². The standard InChI is InChI=1S/C14H30N2O/c1-5-12(6-2)10-16(7-3)14-11-17-9-8-13(14)15-4/h12-15H,5-11H2,1-4H3. The van der Waals surface area contributed by atoms with Crippen LogP contribution in [0.5, 0.6) is 0 Å². The third-order valence-corrected chi connectivity index (χ3v) is 4.22. The minimum absolute atomic E-state index is 0.555. The molecule has 0 aromatic carbocycles. The summed E-state index contributed by atoms with van der Waals surface area (Å²) in [5.41, 5.74) is 0. The van der Waals surface area contributed by atoms with Crippen LogP contribution in [0.3, 0.4) is 0 Å². The van der Waals surface area contributed by atoms with E-state index < -0.39 is 0 Å². The molecule has 1 N–H and O–H groups in total. The first-order valence-electron chi connectivity index (χ1n) is 7.25. The summed E-state index contributed by atoms with van der Waals surface area (Å²) in [5.74, 6) is 0.828. The molecular formula is C14H30N2O. The molecule has 1 aliphatic rings. The maximum absolute atomic E-state index is 5.66. The summed E-state index contributed by atoms with van der Waals surface area (Å²) in [6.45, 7) is 11.0. The van der Waals surface area contributed by atoms with Crippen LogP contribution in [0.25, 0.3) is 0 Å². The second-order valence-electron chi connectivity index (χ2n) is 5.10. The number of ether oxygens (including phenoxy) is 1. The van der Waals surface area contributed by atoms with Crippen molar-refractivity contribution in [3.05, 3.63) is 0 Å². The lowest BCUT2D eigenvalue weighted by molar-refractivity contribution is -0.00532. The molecule has 1 heterocycles. The van der Waals surface area contributed by atoms with Gasteiger partial charge in [-0.05, 0) is 25.9 Å². The van der Waals surface area contributed by atoms with Gasteiger partial charge in [0.1, 0.15) is 0 Å². The van der Waals surface area contributed by atoms with Crippen LogP contribution in [0.1, 0.15) is 40.0 Å². The molecule has 1 fully saturated rings. The van der Waals surface area contributed by atoms with Gasteiger partial charge in [0.2, 0.25) is 0 Å². The Hall–Kier alpha value is -0.120. The Kier molecular flexibility index (Phi) is 7.09. The Morgan fingerprint density at radius 1 is 1.29 bits per heavy atom. The zero-order valence-corrected chi connectivity index (χ0v) is 12.0. The molecule has 0 saturated carbocycles. The molecule has 0 radical (unpaired) electrons. The second kappa shape index (κ2) is 8.06. The summed E-state index contributed by atoms with van der Waals surface area (Å²) in [7, 11) is 2.08. The highest BCUT2D eigenvalue weighted by molar-refractivity contribution is 4.86. The van der Waals surface area contributed by atoms with Gasteiger partial charge in [-0.25, -0.2) is 0 Å². The first kappa shape index (κ1) is 14.9. The van der Waals surface area contributed by atoms with Crippen molar-refractivity contribution >= 4 is 0 Å². The number of hydrogen-bond acceptors (Lipinski definition) is 3. The summed E-state index contributed by atoms with van der Waals surface area (Å²) < 4.78 is 5.66. The lowest BCUT2D eigenvalue weighted by Crippen LogP contribution is -2.55. The molecular weight excluding hydrogens is 212 g/mol. The number of hydrogen-bond donors (Lipinski definition) is 1. The SMILES string of the molecule is CCC(CC)CN(CC)C1COCCC1NC. The maximum atomic E-state index is 5.66. The van der Waals surface area contributed by atoms with Crippen LogP contribution in [-0.4, -0.2) is 50.3 Å². The first-order chi connectivity index (χ1) is 8.26. The molecule has 0 spiro atoms. The fraction of sp³-hybridized carbons (Fsp3) is 1.00. The van der Waals surface area contributed by atoms with Gasteiger partial charge in [-0.1, -0.05) is 33.6 Å². The first-order valence-corrected chi connectivity index (χ1v) is 7.25. The highest BCUT2D eigenvalue weighted by atomic mass is 16.5.